The molecule has 1 heteroatoms. The number of alkyl halides is 1. The Morgan fingerprint density at radius 1 is 1.20 bits per heavy atom. The van der Waals surface area contributed by atoms with Gasteiger partial charge in [-0.3, -0.25) is 0 Å². The fourth-order valence-corrected chi connectivity index (χ4v) is 3.39. The van der Waals surface area contributed by atoms with Crippen molar-refractivity contribution in [2.75, 3.05) is 0 Å². The molecule has 2 saturated carbocycles. The largest absolute Gasteiger partial charge is 0.108 e. The van der Waals surface area contributed by atoms with Crippen LogP contribution in [0.2, 0.25) is 0 Å². The maximum atomic E-state index is 6.61. The lowest BCUT2D eigenvalue weighted by molar-refractivity contribution is 0.0857. The SMILES string of the molecule is CC(C)(C)C#C[C@@]1(Cl)C[C@@H]2CCCC[C@H]21. The summed E-state index contributed by atoms with van der Waals surface area (Å²) in [6.45, 7) is 6.45. The lowest BCUT2D eigenvalue weighted by atomic mass is 9.58. The van der Waals surface area contributed by atoms with E-state index in [4.69, 9.17) is 11.6 Å². The Bertz CT molecular complexity index is 302. The second-order valence-electron chi connectivity index (χ2n) is 6.22. The molecule has 2 aliphatic carbocycles. The second kappa shape index (κ2) is 3.70. The van der Waals surface area contributed by atoms with Crippen LogP contribution in [0.4, 0.5) is 0 Å². The molecule has 0 amide bonds. The van der Waals surface area contributed by atoms with E-state index in [1.54, 1.807) is 0 Å². The Morgan fingerprint density at radius 2 is 1.87 bits per heavy atom. The van der Waals surface area contributed by atoms with Crippen LogP contribution in [0.3, 0.4) is 0 Å². The van der Waals surface area contributed by atoms with Gasteiger partial charge >= 0.3 is 0 Å². The Kier molecular flexibility index (Phi) is 2.80. The van der Waals surface area contributed by atoms with E-state index >= 15 is 0 Å². The summed E-state index contributed by atoms with van der Waals surface area (Å²) in [5.74, 6) is 8.23. The molecule has 3 atom stereocenters. The van der Waals surface area contributed by atoms with Crippen LogP contribution in [0.1, 0.15) is 52.9 Å². The standard InChI is InChI=1S/C14H21Cl/c1-13(2,3)8-9-14(15)10-11-6-4-5-7-12(11)14/h11-12H,4-7,10H2,1-3H3/t11-,12+,14+/m0/s1. The van der Waals surface area contributed by atoms with Crippen molar-refractivity contribution in [3.05, 3.63) is 0 Å². The van der Waals surface area contributed by atoms with Crippen molar-refractivity contribution in [3.63, 3.8) is 0 Å². The van der Waals surface area contributed by atoms with Gasteiger partial charge in [0.15, 0.2) is 0 Å². The van der Waals surface area contributed by atoms with Gasteiger partial charge in [-0.15, -0.1) is 11.6 Å². The third-order valence-corrected chi connectivity index (χ3v) is 4.23. The molecular formula is C14H21Cl. The number of hydrogen-bond donors (Lipinski definition) is 0. The van der Waals surface area contributed by atoms with E-state index in [2.05, 4.69) is 32.6 Å². The zero-order chi connectivity index (χ0) is 11.1. The Labute approximate surface area is 98.8 Å². The first-order valence-electron chi connectivity index (χ1n) is 6.14. The average Bonchev–Trinajstić information content (AvgIpc) is 2.12. The van der Waals surface area contributed by atoms with Crippen molar-refractivity contribution >= 4 is 11.6 Å². The quantitative estimate of drug-likeness (QED) is 0.427. The molecule has 2 aliphatic rings. The van der Waals surface area contributed by atoms with E-state index in [1.165, 1.54) is 25.7 Å². The third-order valence-electron chi connectivity index (χ3n) is 3.70. The summed E-state index contributed by atoms with van der Waals surface area (Å²) in [4.78, 5) is -0.168. The topological polar surface area (TPSA) is 0 Å². The van der Waals surface area contributed by atoms with E-state index in [-0.39, 0.29) is 10.3 Å². The highest BCUT2D eigenvalue weighted by atomic mass is 35.5. The molecule has 0 aromatic heterocycles. The molecule has 0 aliphatic heterocycles. The van der Waals surface area contributed by atoms with Gasteiger partial charge in [-0.05, 0) is 51.9 Å². The highest BCUT2D eigenvalue weighted by Gasteiger charge is 2.52. The fraction of sp³-hybridized carbons (Fsp3) is 0.857. The summed E-state index contributed by atoms with van der Waals surface area (Å²) in [6, 6.07) is 0. The zero-order valence-electron chi connectivity index (χ0n) is 10.1. The molecular weight excluding hydrogens is 204 g/mol. The van der Waals surface area contributed by atoms with Gasteiger partial charge in [0.25, 0.3) is 0 Å². The number of hydrogen-bond acceptors (Lipinski definition) is 0. The van der Waals surface area contributed by atoms with Gasteiger partial charge in [-0.1, -0.05) is 24.7 Å². The molecule has 0 aromatic carbocycles. The predicted octanol–water partition coefficient (Wildman–Crippen LogP) is 4.22. The number of halogens is 1. The van der Waals surface area contributed by atoms with Gasteiger partial charge in [0.05, 0.1) is 0 Å². The minimum absolute atomic E-state index is 0.0850. The summed E-state index contributed by atoms with van der Waals surface area (Å²) in [5.41, 5.74) is 0.0850. The molecule has 0 nitrogen and oxygen atoms in total. The fourth-order valence-electron chi connectivity index (χ4n) is 2.86. The molecule has 0 heterocycles. The highest BCUT2D eigenvalue weighted by Crippen LogP contribution is 2.55. The molecule has 0 N–H and O–H groups in total. The van der Waals surface area contributed by atoms with Crippen molar-refractivity contribution < 1.29 is 0 Å². The first-order valence-corrected chi connectivity index (χ1v) is 6.52. The van der Waals surface area contributed by atoms with E-state index in [0.717, 1.165) is 12.3 Å². The van der Waals surface area contributed by atoms with Gasteiger partial charge in [-0.25, -0.2) is 0 Å². The van der Waals surface area contributed by atoms with E-state index < -0.39 is 0 Å². The van der Waals surface area contributed by atoms with Crippen LogP contribution in [0.5, 0.6) is 0 Å². The van der Waals surface area contributed by atoms with E-state index in [0.29, 0.717) is 5.92 Å². The molecule has 0 aromatic rings. The Morgan fingerprint density at radius 3 is 2.47 bits per heavy atom. The van der Waals surface area contributed by atoms with Gasteiger partial charge in [0, 0.05) is 5.41 Å². The lowest BCUT2D eigenvalue weighted by Crippen LogP contribution is -2.50. The summed E-state index contributed by atoms with van der Waals surface area (Å²) in [6.07, 6.45) is 6.57. The number of rotatable bonds is 0. The molecule has 2 fully saturated rings. The molecule has 0 saturated heterocycles. The summed E-state index contributed by atoms with van der Waals surface area (Å²) < 4.78 is 0. The second-order valence-corrected chi connectivity index (χ2v) is 6.89. The maximum Gasteiger partial charge on any atom is 0.108 e. The first kappa shape index (κ1) is 11.3. The van der Waals surface area contributed by atoms with Crippen LogP contribution in [-0.2, 0) is 0 Å². The minimum Gasteiger partial charge on any atom is -0.105 e. The van der Waals surface area contributed by atoms with Crippen LogP contribution in [-0.4, -0.2) is 4.87 Å². The molecule has 2 rings (SSSR count). The Balaban J connectivity index is 2.05. The normalized spacial score (nSPS) is 39.7. The predicted molar refractivity (Wildman–Crippen MR) is 65.9 cm³/mol. The summed E-state index contributed by atoms with van der Waals surface area (Å²) in [5, 5.41) is 0. The van der Waals surface area contributed by atoms with Gasteiger partial charge < -0.3 is 0 Å². The van der Waals surface area contributed by atoms with Crippen molar-refractivity contribution in [3.8, 4) is 11.8 Å². The van der Waals surface area contributed by atoms with E-state index in [9.17, 15) is 0 Å². The van der Waals surface area contributed by atoms with Gasteiger partial charge in [-0.2, -0.15) is 0 Å². The highest BCUT2D eigenvalue weighted by molar-refractivity contribution is 6.27. The molecule has 0 radical (unpaired) electrons. The van der Waals surface area contributed by atoms with Crippen LogP contribution < -0.4 is 0 Å². The molecule has 84 valence electrons. The van der Waals surface area contributed by atoms with Gasteiger partial charge in [0.1, 0.15) is 4.87 Å². The van der Waals surface area contributed by atoms with Crippen LogP contribution >= 0.6 is 11.6 Å². The van der Waals surface area contributed by atoms with Crippen LogP contribution in [0.25, 0.3) is 0 Å². The number of fused-ring (bicyclic) bond motifs is 1. The smallest absolute Gasteiger partial charge is 0.105 e. The molecule has 0 spiro atoms. The monoisotopic (exact) mass is 224 g/mol. The minimum atomic E-state index is -0.168. The third kappa shape index (κ3) is 2.34. The zero-order valence-corrected chi connectivity index (χ0v) is 10.8. The lowest BCUT2D eigenvalue weighted by Gasteiger charge is -2.51. The van der Waals surface area contributed by atoms with Crippen molar-refractivity contribution in [2.24, 2.45) is 17.3 Å². The van der Waals surface area contributed by atoms with Gasteiger partial charge in [0.2, 0.25) is 0 Å². The molecule has 15 heavy (non-hydrogen) atoms. The van der Waals surface area contributed by atoms with Crippen molar-refractivity contribution in [1.82, 2.24) is 0 Å². The maximum absolute atomic E-state index is 6.61. The first-order chi connectivity index (χ1) is 6.91. The van der Waals surface area contributed by atoms with Crippen LogP contribution in [0.15, 0.2) is 0 Å². The molecule has 0 bridgehead atoms. The Hall–Kier alpha value is -0.150. The van der Waals surface area contributed by atoms with Crippen molar-refractivity contribution in [2.45, 2.75) is 57.7 Å². The summed E-state index contributed by atoms with van der Waals surface area (Å²) in [7, 11) is 0. The van der Waals surface area contributed by atoms with Crippen LogP contribution in [0, 0.1) is 29.1 Å². The van der Waals surface area contributed by atoms with Crippen molar-refractivity contribution in [1.29, 1.82) is 0 Å². The van der Waals surface area contributed by atoms with E-state index in [1.807, 2.05) is 0 Å². The average molecular weight is 225 g/mol. The summed E-state index contributed by atoms with van der Waals surface area (Å²) >= 11 is 6.61. The molecule has 0 unspecified atom stereocenters.